The first-order valence-corrected chi connectivity index (χ1v) is 7.40. The van der Waals surface area contributed by atoms with Crippen LogP contribution in [-0.4, -0.2) is 40.9 Å². The standard InChI is InChI=1S/C16H15N5O3/c1-23-14-6-10-13(24-5-4-19-10)7-12(14)21-11-2-3-18-8-9(11)15(20-21)16(17)22/h2-3,6-8,19H,4-5H2,1H3,(H2,17,22). The van der Waals surface area contributed by atoms with Gasteiger partial charge < -0.3 is 20.5 Å². The third kappa shape index (κ3) is 2.11. The Morgan fingerprint density at radius 3 is 3.12 bits per heavy atom. The van der Waals surface area contributed by atoms with Crippen LogP contribution < -0.4 is 20.5 Å². The number of hydrogen-bond acceptors (Lipinski definition) is 6. The predicted octanol–water partition coefficient (Wildman–Crippen LogP) is 1.33. The number of ether oxygens (including phenoxy) is 2. The molecular formula is C16H15N5O3. The fourth-order valence-electron chi connectivity index (χ4n) is 2.81. The van der Waals surface area contributed by atoms with Gasteiger partial charge in [0.2, 0.25) is 0 Å². The Labute approximate surface area is 137 Å². The van der Waals surface area contributed by atoms with Crippen LogP contribution in [-0.2, 0) is 0 Å². The molecule has 0 aliphatic carbocycles. The number of nitrogens with one attached hydrogen (secondary N) is 1. The maximum Gasteiger partial charge on any atom is 0.269 e. The number of pyridine rings is 1. The summed E-state index contributed by atoms with van der Waals surface area (Å²) in [5.41, 5.74) is 7.83. The molecule has 0 spiro atoms. The van der Waals surface area contributed by atoms with Crippen LogP contribution in [0, 0.1) is 0 Å². The van der Waals surface area contributed by atoms with Crippen molar-refractivity contribution >= 4 is 22.5 Å². The molecule has 0 saturated heterocycles. The van der Waals surface area contributed by atoms with Crippen LogP contribution in [0.15, 0.2) is 30.6 Å². The lowest BCUT2D eigenvalue weighted by molar-refractivity contribution is 0.0996. The number of hydrogen-bond donors (Lipinski definition) is 2. The Morgan fingerprint density at radius 2 is 2.33 bits per heavy atom. The van der Waals surface area contributed by atoms with Gasteiger partial charge in [-0.15, -0.1) is 0 Å². The number of methoxy groups -OCH3 is 1. The molecule has 0 bridgehead atoms. The number of rotatable bonds is 3. The summed E-state index contributed by atoms with van der Waals surface area (Å²) < 4.78 is 12.8. The molecule has 2 aromatic heterocycles. The van der Waals surface area contributed by atoms with Gasteiger partial charge in [-0.05, 0) is 6.07 Å². The highest BCUT2D eigenvalue weighted by atomic mass is 16.5. The van der Waals surface area contributed by atoms with Crippen molar-refractivity contribution < 1.29 is 14.3 Å². The third-order valence-corrected chi connectivity index (χ3v) is 3.90. The third-order valence-electron chi connectivity index (χ3n) is 3.90. The van der Waals surface area contributed by atoms with Crippen molar-refractivity contribution in [3.8, 4) is 17.2 Å². The molecule has 1 aromatic carbocycles. The van der Waals surface area contributed by atoms with Crippen LogP contribution in [0.25, 0.3) is 16.6 Å². The maximum absolute atomic E-state index is 11.7. The summed E-state index contributed by atoms with van der Waals surface area (Å²) in [4.78, 5) is 15.7. The van der Waals surface area contributed by atoms with E-state index in [9.17, 15) is 4.79 Å². The van der Waals surface area contributed by atoms with E-state index in [1.807, 2.05) is 12.1 Å². The average molecular weight is 325 g/mol. The zero-order valence-corrected chi connectivity index (χ0v) is 12.9. The van der Waals surface area contributed by atoms with E-state index in [0.29, 0.717) is 34.7 Å². The minimum absolute atomic E-state index is 0.164. The summed E-state index contributed by atoms with van der Waals surface area (Å²) in [6, 6.07) is 5.45. The number of fused-ring (bicyclic) bond motifs is 2. The summed E-state index contributed by atoms with van der Waals surface area (Å²) in [5.74, 6) is 0.695. The quantitative estimate of drug-likeness (QED) is 0.753. The van der Waals surface area contributed by atoms with Crippen LogP contribution in [0.3, 0.4) is 0 Å². The molecule has 0 unspecified atom stereocenters. The van der Waals surface area contributed by atoms with Crippen molar-refractivity contribution in [3.63, 3.8) is 0 Å². The van der Waals surface area contributed by atoms with Crippen LogP contribution in [0.4, 0.5) is 5.69 Å². The summed E-state index contributed by atoms with van der Waals surface area (Å²) in [7, 11) is 1.58. The highest BCUT2D eigenvalue weighted by Gasteiger charge is 2.21. The van der Waals surface area contributed by atoms with Gasteiger partial charge >= 0.3 is 0 Å². The predicted molar refractivity (Wildman–Crippen MR) is 87.9 cm³/mol. The molecule has 8 heteroatoms. The zero-order valence-electron chi connectivity index (χ0n) is 12.9. The molecule has 1 aliphatic rings. The number of primary amides is 1. The fraction of sp³-hybridized carbons (Fsp3) is 0.188. The van der Waals surface area contributed by atoms with Gasteiger partial charge in [0.25, 0.3) is 5.91 Å². The summed E-state index contributed by atoms with van der Waals surface area (Å²) in [6.07, 6.45) is 3.20. The fourth-order valence-corrected chi connectivity index (χ4v) is 2.81. The van der Waals surface area contributed by atoms with Crippen molar-refractivity contribution in [1.29, 1.82) is 0 Å². The lowest BCUT2D eigenvalue weighted by Crippen LogP contribution is -2.18. The van der Waals surface area contributed by atoms with Crippen LogP contribution in [0.5, 0.6) is 11.5 Å². The molecule has 4 rings (SSSR count). The van der Waals surface area contributed by atoms with Crippen molar-refractivity contribution in [2.75, 3.05) is 25.6 Å². The molecular weight excluding hydrogens is 310 g/mol. The molecule has 0 radical (unpaired) electrons. The SMILES string of the molecule is COc1cc2c(cc1-n1nc(C(N)=O)c3cnccc31)OCCN2. The van der Waals surface area contributed by atoms with E-state index in [1.54, 1.807) is 30.3 Å². The molecule has 1 aliphatic heterocycles. The van der Waals surface area contributed by atoms with Crippen LogP contribution in [0.2, 0.25) is 0 Å². The summed E-state index contributed by atoms with van der Waals surface area (Å²) in [6.45, 7) is 1.31. The van der Waals surface area contributed by atoms with Crippen molar-refractivity contribution in [1.82, 2.24) is 14.8 Å². The zero-order chi connectivity index (χ0) is 16.7. The Morgan fingerprint density at radius 1 is 1.46 bits per heavy atom. The van der Waals surface area contributed by atoms with Crippen molar-refractivity contribution in [2.24, 2.45) is 5.73 Å². The Kier molecular flexibility index (Phi) is 3.23. The summed E-state index contributed by atoms with van der Waals surface area (Å²) in [5, 5.41) is 8.21. The van der Waals surface area contributed by atoms with E-state index in [1.165, 1.54) is 0 Å². The second-order valence-corrected chi connectivity index (χ2v) is 5.31. The van der Waals surface area contributed by atoms with Gasteiger partial charge in [-0.25, -0.2) is 4.68 Å². The number of anilines is 1. The van der Waals surface area contributed by atoms with Gasteiger partial charge in [0.05, 0.1) is 23.7 Å². The van der Waals surface area contributed by atoms with Crippen molar-refractivity contribution in [2.45, 2.75) is 0 Å². The van der Waals surface area contributed by atoms with E-state index >= 15 is 0 Å². The molecule has 0 saturated carbocycles. The molecule has 0 atom stereocenters. The van der Waals surface area contributed by atoms with E-state index in [4.69, 9.17) is 15.2 Å². The van der Waals surface area contributed by atoms with E-state index in [0.717, 1.165) is 12.2 Å². The molecule has 3 heterocycles. The van der Waals surface area contributed by atoms with Crippen LogP contribution in [0.1, 0.15) is 10.5 Å². The van der Waals surface area contributed by atoms with Crippen LogP contribution >= 0.6 is 0 Å². The number of aromatic nitrogens is 3. The second kappa shape index (κ2) is 5.41. The lowest BCUT2D eigenvalue weighted by atomic mass is 10.2. The molecule has 3 N–H and O–H groups in total. The molecule has 0 fully saturated rings. The number of nitrogens with zero attached hydrogens (tertiary/aromatic N) is 3. The van der Waals surface area contributed by atoms with Crippen molar-refractivity contribution in [3.05, 3.63) is 36.3 Å². The maximum atomic E-state index is 11.7. The van der Waals surface area contributed by atoms with Gasteiger partial charge in [-0.2, -0.15) is 5.10 Å². The largest absolute Gasteiger partial charge is 0.494 e. The number of carbonyl (C=O) groups excluding carboxylic acids is 1. The first-order chi connectivity index (χ1) is 11.7. The number of carbonyl (C=O) groups is 1. The average Bonchev–Trinajstić information content (AvgIpc) is 3.00. The Hall–Kier alpha value is -3.29. The number of amides is 1. The first kappa shape index (κ1) is 14.3. The minimum Gasteiger partial charge on any atom is -0.494 e. The molecule has 1 amide bonds. The minimum atomic E-state index is -0.610. The summed E-state index contributed by atoms with van der Waals surface area (Å²) >= 11 is 0. The van der Waals surface area contributed by atoms with E-state index in [2.05, 4.69) is 15.4 Å². The topological polar surface area (TPSA) is 104 Å². The van der Waals surface area contributed by atoms with Gasteiger partial charge in [0.15, 0.2) is 5.69 Å². The molecule has 8 nitrogen and oxygen atoms in total. The van der Waals surface area contributed by atoms with Gasteiger partial charge in [-0.1, -0.05) is 0 Å². The number of nitrogens with two attached hydrogens (primary N) is 1. The normalized spacial score (nSPS) is 13.0. The molecule has 3 aromatic rings. The second-order valence-electron chi connectivity index (χ2n) is 5.31. The van der Waals surface area contributed by atoms with Gasteiger partial charge in [0.1, 0.15) is 23.8 Å². The lowest BCUT2D eigenvalue weighted by Gasteiger charge is -2.21. The number of benzene rings is 1. The van der Waals surface area contributed by atoms with E-state index < -0.39 is 5.91 Å². The smallest absolute Gasteiger partial charge is 0.269 e. The highest BCUT2D eigenvalue weighted by molar-refractivity contribution is 6.04. The van der Waals surface area contributed by atoms with E-state index in [-0.39, 0.29) is 5.69 Å². The monoisotopic (exact) mass is 325 g/mol. The molecule has 24 heavy (non-hydrogen) atoms. The molecule has 122 valence electrons. The Bertz CT molecular complexity index is 950. The first-order valence-electron chi connectivity index (χ1n) is 7.40. The Balaban J connectivity index is 1.99. The highest BCUT2D eigenvalue weighted by Crippen LogP contribution is 2.37. The van der Waals surface area contributed by atoms with Gasteiger partial charge in [-0.3, -0.25) is 9.78 Å². The van der Waals surface area contributed by atoms with Gasteiger partial charge in [0, 0.05) is 31.1 Å².